The topological polar surface area (TPSA) is 75.4 Å². The van der Waals surface area contributed by atoms with Gasteiger partial charge in [0.05, 0.1) is 0 Å². The van der Waals surface area contributed by atoms with E-state index < -0.39 is 0 Å². The molecule has 0 aromatic carbocycles. The van der Waals surface area contributed by atoms with Crippen LogP contribution in [0.15, 0.2) is 0 Å². The number of rotatable bonds is 11. The summed E-state index contributed by atoms with van der Waals surface area (Å²) in [5.74, 6) is 2.00. The highest BCUT2D eigenvalue weighted by atomic mass is 32.2. The first-order valence-electron chi connectivity index (χ1n) is 6.67. The number of carbonyl (C=O) groups is 1. The van der Waals surface area contributed by atoms with E-state index in [0.717, 1.165) is 30.8 Å². The van der Waals surface area contributed by atoms with Gasteiger partial charge in [0, 0.05) is 25.3 Å². The second-order valence-electron chi connectivity index (χ2n) is 5.24. The Hall–Kier alpha value is -0.260. The molecular weight excluding hydrogens is 248 g/mol. The molecule has 4 nitrogen and oxygen atoms in total. The van der Waals surface area contributed by atoms with Gasteiger partial charge >= 0.3 is 0 Å². The van der Waals surface area contributed by atoms with Crippen LogP contribution in [0.5, 0.6) is 0 Å². The summed E-state index contributed by atoms with van der Waals surface area (Å²) >= 11 is 1.76. The maximum absolute atomic E-state index is 11.6. The number of aliphatic hydroxyl groups is 1. The average Bonchev–Trinajstić information content (AvgIpc) is 2.31. The zero-order chi connectivity index (χ0) is 13.9. The normalized spacial score (nSPS) is 11.6. The van der Waals surface area contributed by atoms with E-state index in [2.05, 4.69) is 19.2 Å². The zero-order valence-corrected chi connectivity index (χ0v) is 12.5. The Balaban J connectivity index is 3.48. The Morgan fingerprint density at radius 3 is 2.67 bits per heavy atom. The summed E-state index contributed by atoms with van der Waals surface area (Å²) in [7, 11) is 0. The predicted molar refractivity (Wildman–Crippen MR) is 78.7 cm³/mol. The maximum atomic E-state index is 11.6. The quantitative estimate of drug-likeness (QED) is 0.498. The summed E-state index contributed by atoms with van der Waals surface area (Å²) in [6, 6.07) is 0. The van der Waals surface area contributed by atoms with Crippen molar-refractivity contribution < 1.29 is 9.90 Å². The fourth-order valence-corrected chi connectivity index (χ4v) is 2.37. The number of nitrogens with two attached hydrogens (primary N) is 1. The lowest BCUT2D eigenvalue weighted by Crippen LogP contribution is -2.27. The first kappa shape index (κ1) is 17.7. The molecular formula is C13H28N2O2S. The third-order valence-electron chi connectivity index (χ3n) is 2.87. The Morgan fingerprint density at radius 1 is 1.33 bits per heavy atom. The van der Waals surface area contributed by atoms with Gasteiger partial charge in [-0.05, 0) is 37.0 Å². The van der Waals surface area contributed by atoms with Crippen LogP contribution >= 0.6 is 11.8 Å². The molecule has 0 bridgehead atoms. The van der Waals surface area contributed by atoms with Crippen molar-refractivity contribution >= 4 is 17.7 Å². The number of amides is 1. The van der Waals surface area contributed by atoms with Crippen molar-refractivity contribution in [2.24, 2.45) is 11.1 Å². The molecule has 0 aliphatic carbocycles. The van der Waals surface area contributed by atoms with Crippen LogP contribution < -0.4 is 11.1 Å². The number of nitrogens with one attached hydrogen (secondary N) is 1. The SMILES string of the molecule is CC(C)(CCN)CCC(=O)NCCSCCCO. The minimum Gasteiger partial charge on any atom is -0.396 e. The van der Waals surface area contributed by atoms with Gasteiger partial charge in [0.15, 0.2) is 0 Å². The molecule has 0 fully saturated rings. The van der Waals surface area contributed by atoms with E-state index in [9.17, 15) is 4.79 Å². The summed E-state index contributed by atoms with van der Waals surface area (Å²) in [5, 5.41) is 11.5. The molecule has 0 rings (SSSR count). The number of hydrogen-bond acceptors (Lipinski definition) is 4. The summed E-state index contributed by atoms with van der Waals surface area (Å²) in [5.41, 5.74) is 5.69. The molecule has 0 saturated carbocycles. The van der Waals surface area contributed by atoms with Crippen LogP contribution in [0.1, 0.15) is 39.5 Å². The first-order valence-corrected chi connectivity index (χ1v) is 7.82. The van der Waals surface area contributed by atoms with Gasteiger partial charge in [-0.2, -0.15) is 11.8 Å². The summed E-state index contributed by atoms with van der Waals surface area (Å²) in [6.07, 6.45) is 3.24. The van der Waals surface area contributed by atoms with E-state index >= 15 is 0 Å². The Labute approximate surface area is 115 Å². The zero-order valence-electron chi connectivity index (χ0n) is 11.7. The highest BCUT2D eigenvalue weighted by Crippen LogP contribution is 2.25. The molecule has 0 aromatic heterocycles. The van der Waals surface area contributed by atoms with Crippen molar-refractivity contribution in [3.63, 3.8) is 0 Å². The first-order chi connectivity index (χ1) is 8.52. The highest BCUT2D eigenvalue weighted by Gasteiger charge is 2.17. The molecule has 0 aliphatic rings. The molecule has 108 valence electrons. The van der Waals surface area contributed by atoms with Gasteiger partial charge in [-0.1, -0.05) is 13.8 Å². The van der Waals surface area contributed by atoms with Gasteiger partial charge < -0.3 is 16.2 Å². The lowest BCUT2D eigenvalue weighted by molar-refractivity contribution is -0.121. The lowest BCUT2D eigenvalue weighted by Gasteiger charge is -2.23. The molecule has 18 heavy (non-hydrogen) atoms. The molecule has 0 aliphatic heterocycles. The summed E-state index contributed by atoms with van der Waals surface area (Å²) < 4.78 is 0. The van der Waals surface area contributed by atoms with Crippen LogP contribution in [0.25, 0.3) is 0 Å². The minimum absolute atomic E-state index is 0.128. The van der Waals surface area contributed by atoms with E-state index in [0.29, 0.717) is 19.5 Å². The Kier molecular flexibility index (Phi) is 10.5. The Bertz CT molecular complexity index is 223. The molecule has 0 radical (unpaired) electrons. The Morgan fingerprint density at radius 2 is 2.06 bits per heavy atom. The predicted octanol–water partition coefficient (Wildman–Crippen LogP) is 1.37. The third kappa shape index (κ3) is 10.9. The van der Waals surface area contributed by atoms with E-state index in [-0.39, 0.29) is 17.9 Å². The second kappa shape index (κ2) is 10.6. The fourth-order valence-electron chi connectivity index (χ4n) is 1.59. The van der Waals surface area contributed by atoms with Crippen LogP contribution in [0.4, 0.5) is 0 Å². The molecule has 0 unspecified atom stereocenters. The van der Waals surface area contributed by atoms with Crippen molar-refractivity contribution in [3.8, 4) is 0 Å². The van der Waals surface area contributed by atoms with E-state index in [4.69, 9.17) is 10.8 Å². The smallest absolute Gasteiger partial charge is 0.220 e. The average molecular weight is 276 g/mol. The highest BCUT2D eigenvalue weighted by molar-refractivity contribution is 7.99. The van der Waals surface area contributed by atoms with E-state index in [1.165, 1.54) is 0 Å². The van der Waals surface area contributed by atoms with Crippen molar-refractivity contribution in [2.75, 3.05) is 31.2 Å². The molecule has 0 spiro atoms. The van der Waals surface area contributed by atoms with E-state index in [1.54, 1.807) is 11.8 Å². The molecule has 0 heterocycles. The standard InChI is InChI=1S/C13H28N2O2S/c1-13(2,6-7-14)5-4-12(17)15-8-11-18-10-3-9-16/h16H,3-11,14H2,1-2H3,(H,15,17). The third-order valence-corrected chi connectivity index (χ3v) is 3.94. The molecule has 0 aromatic rings. The summed E-state index contributed by atoms with van der Waals surface area (Å²) in [6.45, 7) is 5.94. The van der Waals surface area contributed by atoms with Gasteiger partial charge in [0.1, 0.15) is 0 Å². The number of thioether (sulfide) groups is 1. The van der Waals surface area contributed by atoms with Crippen molar-refractivity contribution in [3.05, 3.63) is 0 Å². The summed E-state index contributed by atoms with van der Waals surface area (Å²) in [4.78, 5) is 11.6. The number of hydrogen-bond donors (Lipinski definition) is 3. The largest absolute Gasteiger partial charge is 0.396 e. The maximum Gasteiger partial charge on any atom is 0.220 e. The van der Waals surface area contributed by atoms with Gasteiger partial charge in [-0.15, -0.1) is 0 Å². The van der Waals surface area contributed by atoms with Gasteiger partial charge in [-0.3, -0.25) is 4.79 Å². The van der Waals surface area contributed by atoms with Crippen molar-refractivity contribution in [1.29, 1.82) is 0 Å². The van der Waals surface area contributed by atoms with Crippen LogP contribution in [0.3, 0.4) is 0 Å². The van der Waals surface area contributed by atoms with Crippen LogP contribution in [-0.2, 0) is 4.79 Å². The molecule has 5 heteroatoms. The van der Waals surface area contributed by atoms with Crippen molar-refractivity contribution in [2.45, 2.75) is 39.5 Å². The van der Waals surface area contributed by atoms with Gasteiger partial charge in [0.25, 0.3) is 0 Å². The van der Waals surface area contributed by atoms with Crippen LogP contribution in [-0.4, -0.2) is 42.2 Å². The van der Waals surface area contributed by atoms with Gasteiger partial charge in [0.2, 0.25) is 5.91 Å². The van der Waals surface area contributed by atoms with E-state index in [1.807, 2.05) is 0 Å². The lowest BCUT2D eigenvalue weighted by atomic mass is 9.84. The second-order valence-corrected chi connectivity index (χ2v) is 6.47. The molecule has 0 saturated heterocycles. The minimum atomic E-state index is 0.128. The molecule has 0 atom stereocenters. The van der Waals surface area contributed by atoms with Crippen LogP contribution in [0.2, 0.25) is 0 Å². The molecule has 1 amide bonds. The number of aliphatic hydroxyl groups excluding tert-OH is 1. The van der Waals surface area contributed by atoms with Crippen LogP contribution in [0, 0.1) is 5.41 Å². The van der Waals surface area contributed by atoms with Crippen molar-refractivity contribution in [1.82, 2.24) is 5.32 Å². The number of carbonyl (C=O) groups excluding carboxylic acids is 1. The molecule has 4 N–H and O–H groups in total. The van der Waals surface area contributed by atoms with Gasteiger partial charge in [-0.25, -0.2) is 0 Å². The monoisotopic (exact) mass is 276 g/mol. The fraction of sp³-hybridized carbons (Fsp3) is 0.923.